The Bertz CT molecular complexity index is 1290. The minimum absolute atomic E-state index is 0.0604. The fourth-order valence-corrected chi connectivity index (χ4v) is 5.21. The Morgan fingerprint density at radius 3 is 2.55 bits per heavy atom. The quantitative estimate of drug-likeness (QED) is 0.320. The zero-order chi connectivity index (χ0) is 21.5. The Balaban J connectivity index is 2.27. The van der Waals surface area contributed by atoms with E-state index in [4.69, 9.17) is 16.0 Å². The highest BCUT2D eigenvalue weighted by Gasteiger charge is 2.22. The number of nitrogen functional groups attached to an aromatic ring is 1. The van der Waals surface area contributed by atoms with Crippen molar-refractivity contribution >= 4 is 37.6 Å². The minimum atomic E-state index is -4.46. The Labute approximate surface area is 171 Å². The van der Waals surface area contributed by atoms with Crippen molar-refractivity contribution in [2.75, 3.05) is 12.4 Å². The summed E-state index contributed by atoms with van der Waals surface area (Å²) in [5, 5.41) is 7.90. The number of aryl methyl sites for hydroxylation is 2. The van der Waals surface area contributed by atoms with Gasteiger partial charge in [-0.3, -0.25) is 9.96 Å². The molecular formula is C19H21N3O5S2. The van der Waals surface area contributed by atoms with Gasteiger partial charge in [-0.25, -0.2) is 9.47 Å². The van der Waals surface area contributed by atoms with Crippen molar-refractivity contribution in [3.63, 3.8) is 0 Å². The Kier molecular flexibility index (Phi) is 5.52. The summed E-state index contributed by atoms with van der Waals surface area (Å²) in [6.45, 7) is 5.30. The van der Waals surface area contributed by atoms with Crippen LogP contribution in [-0.2, 0) is 21.3 Å². The molecule has 0 aliphatic heterocycles. The van der Waals surface area contributed by atoms with Gasteiger partial charge in [0.2, 0.25) is 4.80 Å². The molecule has 0 atom stereocenters. The number of hydrogen-bond donors (Lipinski definition) is 3. The lowest BCUT2D eigenvalue weighted by atomic mass is 9.96. The fraction of sp³-hybridized carbons (Fsp3) is 0.263. The molecule has 2 aromatic carbocycles. The maximum Gasteiger partial charge on any atom is 0.338 e. The normalized spacial score (nSPS) is 11.7. The van der Waals surface area contributed by atoms with Gasteiger partial charge in [-0.05, 0) is 56.0 Å². The van der Waals surface area contributed by atoms with Crippen molar-refractivity contribution in [1.82, 2.24) is 4.68 Å². The second-order valence-electron chi connectivity index (χ2n) is 6.70. The average Bonchev–Trinajstić information content (AvgIpc) is 2.86. The molecular weight excluding hydrogens is 414 g/mol. The zero-order valence-electron chi connectivity index (χ0n) is 16.1. The number of fused-ring (bicyclic) bond motifs is 1. The maximum absolute atomic E-state index is 12.5. The van der Waals surface area contributed by atoms with Crippen LogP contribution in [0.15, 0.2) is 29.2 Å². The van der Waals surface area contributed by atoms with Crippen molar-refractivity contribution < 1.29 is 22.5 Å². The second-order valence-corrected chi connectivity index (χ2v) is 9.09. The number of carbonyl (C=O) groups is 1. The molecule has 0 unspecified atom stereocenters. The van der Waals surface area contributed by atoms with Gasteiger partial charge in [-0.15, -0.1) is 0 Å². The highest BCUT2D eigenvalue weighted by molar-refractivity contribution is 7.86. The molecule has 0 spiro atoms. The Morgan fingerprint density at radius 2 is 1.93 bits per heavy atom. The predicted molar refractivity (Wildman–Crippen MR) is 110 cm³/mol. The van der Waals surface area contributed by atoms with Gasteiger partial charge in [0.05, 0.1) is 22.4 Å². The predicted octanol–water partition coefficient (Wildman–Crippen LogP) is 2.53. The van der Waals surface area contributed by atoms with Gasteiger partial charge in [0, 0.05) is 0 Å². The Hall–Kier alpha value is -2.69. The third-order valence-corrected chi connectivity index (χ3v) is 6.54. The molecule has 3 rings (SSSR count). The van der Waals surface area contributed by atoms with Crippen molar-refractivity contribution in [2.45, 2.75) is 32.1 Å². The first-order valence-electron chi connectivity index (χ1n) is 8.75. The van der Waals surface area contributed by atoms with Gasteiger partial charge >= 0.3 is 5.97 Å². The van der Waals surface area contributed by atoms with Crippen LogP contribution in [0.25, 0.3) is 10.2 Å². The van der Waals surface area contributed by atoms with E-state index in [0.29, 0.717) is 26.9 Å². The van der Waals surface area contributed by atoms with Gasteiger partial charge in [0.25, 0.3) is 10.1 Å². The van der Waals surface area contributed by atoms with Crippen molar-refractivity contribution in [2.24, 2.45) is 0 Å². The third kappa shape index (κ3) is 4.04. The first-order chi connectivity index (χ1) is 13.5. The molecule has 0 saturated heterocycles. The van der Waals surface area contributed by atoms with Gasteiger partial charge < -0.3 is 10.6 Å². The molecule has 0 aliphatic carbocycles. The zero-order valence-corrected chi connectivity index (χ0v) is 17.8. The number of nitrogens with one attached hydrogen (secondary N) is 1. The first kappa shape index (κ1) is 21.0. The molecule has 3 aromatic rings. The number of hydrogen-bond acceptors (Lipinski definition) is 7. The summed E-state index contributed by atoms with van der Waals surface area (Å²) < 4.78 is 40.7. The molecule has 29 heavy (non-hydrogen) atoms. The summed E-state index contributed by atoms with van der Waals surface area (Å²) in [6, 6.07) is 6.59. The van der Waals surface area contributed by atoms with Gasteiger partial charge in [0.15, 0.2) is 0 Å². The van der Waals surface area contributed by atoms with E-state index in [2.05, 4.69) is 0 Å². The molecule has 0 aliphatic rings. The van der Waals surface area contributed by atoms with Crippen LogP contribution in [0.4, 0.5) is 0 Å². The molecule has 0 bridgehead atoms. The van der Waals surface area contributed by atoms with Crippen LogP contribution in [0.1, 0.15) is 39.5 Å². The standard InChI is InChI=1S/C19H21N3O5S2/c1-4-27-18(23)14-9-16-15(22(21)19(20)28-16)8-12(14)7-13-6-10(2)5-11(3)17(13)29(24,25)26/h5-6,8-9,20H,4,7,21H2,1-3H3,(H,24,25,26). The van der Waals surface area contributed by atoms with Crippen LogP contribution < -0.4 is 10.6 Å². The molecule has 0 amide bonds. The van der Waals surface area contributed by atoms with Crippen molar-refractivity contribution in [1.29, 1.82) is 5.41 Å². The lowest BCUT2D eigenvalue weighted by Gasteiger charge is -2.14. The number of nitrogens with zero attached hydrogens (tertiary/aromatic N) is 1. The number of ether oxygens (including phenoxy) is 1. The number of aromatic nitrogens is 1. The maximum atomic E-state index is 12.5. The largest absolute Gasteiger partial charge is 0.462 e. The number of rotatable bonds is 5. The molecule has 8 nitrogen and oxygen atoms in total. The van der Waals surface area contributed by atoms with E-state index >= 15 is 0 Å². The van der Waals surface area contributed by atoms with Crippen LogP contribution in [0.2, 0.25) is 0 Å². The number of carbonyl (C=O) groups excluding carboxylic acids is 1. The molecule has 0 radical (unpaired) electrons. The first-order valence-corrected chi connectivity index (χ1v) is 11.0. The summed E-state index contributed by atoms with van der Waals surface area (Å²) in [5.41, 5.74) is 2.89. The van der Waals surface area contributed by atoms with Crippen molar-refractivity contribution in [3.8, 4) is 0 Å². The third-order valence-electron chi connectivity index (χ3n) is 4.50. The van der Waals surface area contributed by atoms with E-state index in [1.165, 1.54) is 4.68 Å². The van der Waals surface area contributed by atoms with Gasteiger partial charge in [-0.1, -0.05) is 29.0 Å². The van der Waals surface area contributed by atoms with E-state index < -0.39 is 16.1 Å². The lowest BCUT2D eigenvalue weighted by Crippen LogP contribution is -2.21. The lowest BCUT2D eigenvalue weighted by molar-refractivity contribution is 0.0525. The molecule has 10 heteroatoms. The van der Waals surface area contributed by atoms with E-state index in [0.717, 1.165) is 16.9 Å². The highest BCUT2D eigenvalue weighted by Crippen LogP contribution is 2.29. The van der Waals surface area contributed by atoms with Gasteiger partial charge in [-0.2, -0.15) is 8.42 Å². The second kappa shape index (κ2) is 7.62. The summed E-state index contributed by atoms with van der Waals surface area (Å²) in [7, 11) is -4.46. The SMILES string of the molecule is CCOC(=O)c1cc2sc(=N)n(N)c2cc1Cc1cc(C)cc(C)c1S(=O)(=O)O. The summed E-state index contributed by atoms with van der Waals surface area (Å²) in [6.07, 6.45) is 0.0604. The summed E-state index contributed by atoms with van der Waals surface area (Å²) in [4.78, 5) is 12.5. The van der Waals surface area contributed by atoms with Crippen LogP contribution in [-0.4, -0.2) is 30.2 Å². The molecule has 1 aromatic heterocycles. The van der Waals surface area contributed by atoms with Crippen molar-refractivity contribution in [3.05, 3.63) is 56.9 Å². The monoisotopic (exact) mass is 435 g/mol. The number of nitrogens with two attached hydrogens (primary N) is 1. The summed E-state index contributed by atoms with van der Waals surface area (Å²) >= 11 is 1.12. The van der Waals surface area contributed by atoms with Crippen LogP contribution >= 0.6 is 11.3 Å². The van der Waals surface area contributed by atoms with Crippen LogP contribution in [0.5, 0.6) is 0 Å². The number of esters is 1. The number of benzene rings is 2. The fourth-order valence-electron chi connectivity index (χ4n) is 3.44. The van der Waals surface area contributed by atoms with E-state index in [1.54, 1.807) is 38.1 Å². The smallest absolute Gasteiger partial charge is 0.338 e. The Morgan fingerprint density at radius 1 is 1.24 bits per heavy atom. The van der Waals surface area contributed by atoms with Gasteiger partial charge in [0.1, 0.15) is 4.90 Å². The average molecular weight is 436 g/mol. The minimum Gasteiger partial charge on any atom is -0.462 e. The highest BCUT2D eigenvalue weighted by atomic mass is 32.2. The molecule has 154 valence electrons. The molecule has 1 heterocycles. The molecule has 0 saturated carbocycles. The van der Waals surface area contributed by atoms with E-state index in [1.807, 2.05) is 6.92 Å². The topological polar surface area (TPSA) is 135 Å². The van der Waals surface area contributed by atoms with Crippen LogP contribution in [0, 0.1) is 19.3 Å². The molecule has 4 N–H and O–H groups in total. The molecule has 0 fully saturated rings. The van der Waals surface area contributed by atoms with E-state index in [-0.39, 0.29) is 28.3 Å². The summed E-state index contributed by atoms with van der Waals surface area (Å²) in [5.74, 6) is 5.37. The van der Waals surface area contributed by atoms with Crippen LogP contribution in [0.3, 0.4) is 0 Å². The number of thiazole rings is 1. The van der Waals surface area contributed by atoms with E-state index in [9.17, 15) is 17.8 Å².